The second-order valence-corrected chi connectivity index (χ2v) is 9.49. The molecule has 1 aromatic rings. The molecule has 32 heavy (non-hydrogen) atoms. The molecule has 3 rings (SSSR count). The Balaban J connectivity index is 1.35. The zero-order chi connectivity index (χ0) is 23.5. The van der Waals surface area contributed by atoms with Crippen LogP contribution in [-0.4, -0.2) is 66.7 Å². The molecule has 0 radical (unpaired) electrons. The van der Waals surface area contributed by atoms with E-state index in [2.05, 4.69) is 10.2 Å². The van der Waals surface area contributed by atoms with Crippen molar-refractivity contribution in [3.63, 3.8) is 0 Å². The van der Waals surface area contributed by atoms with Crippen LogP contribution in [0.4, 0.5) is 18.0 Å². The minimum atomic E-state index is -4.41. The van der Waals surface area contributed by atoms with E-state index in [4.69, 9.17) is 4.74 Å². The monoisotopic (exact) mass is 455 g/mol. The highest BCUT2D eigenvalue weighted by molar-refractivity contribution is 5.83. The van der Waals surface area contributed by atoms with Gasteiger partial charge in [0.2, 0.25) is 5.91 Å². The van der Waals surface area contributed by atoms with Crippen LogP contribution in [0.2, 0.25) is 0 Å². The Labute approximate surface area is 187 Å². The largest absolute Gasteiger partial charge is 0.444 e. The summed E-state index contributed by atoms with van der Waals surface area (Å²) in [6.45, 7) is 9.48. The first kappa shape index (κ1) is 24.4. The molecule has 2 aliphatic rings. The highest BCUT2D eigenvalue weighted by Gasteiger charge is 2.47. The fraction of sp³-hybridized carbons (Fsp3) is 0.652. The first-order chi connectivity index (χ1) is 15.0. The summed E-state index contributed by atoms with van der Waals surface area (Å²) in [4.78, 5) is 28.4. The van der Waals surface area contributed by atoms with Crippen molar-refractivity contribution in [2.45, 2.75) is 51.3 Å². The molecule has 2 fully saturated rings. The number of piperazine rings is 1. The van der Waals surface area contributed by atoms with Crippen LogP contribution >= 0.6 is 0 Å². The van der Waals surface area contributed by atoms with E-state index in [1.165, 1.54) is 12.1 Å². The number of amides is 2. The van der Waals surface area contributed by atoms with Crippen molar-refractivity contribution < 1.29 is 27.5 Å². The number of benzene rings is 1. The molecule has 2 atom stereocenters. The molecule has 9 heteroatoms. The summed E-state index contributed by atoms with van der Waals surface area (Å²) in [5.41, 5.74) is -0.948. The minimum Gasteiger partial charge on any atom is -0.444 e. The van der Waals surface area contributed by atoms with Crippen molar-refractivity contribution in [2.24, 2.45) is 5.92 Å². The Morgan fingerprint density at radius 3 is 2.38 bits per heavy atom. The van der Waals surface area contributed by atoms with E-state index in [0.29, 0.717) is 26.1 Å². The van der Waals surface area contributed by atoms with Crippen molar-refractivity contribution in [1.29, 1.82) is 0 Å². The molecule has 1 heterocycles. The average molecular weight is 456 g/mol. The zero-order valence-corrected chi connectivity index (χ0v) is 18.9. The lowest BCUT2D eigenvalue weighted by molar-refractivity contribution is -0.138. The Hall–Kier alpha value is -2.29. The molecule has 6 nitrogen and oxygen atoms in total. The number of hydrogen-bond acceptors (Lipinski definition) is 4. The van der Waals surface area contributed by atoms with E-state index in [0.717, 1.165) is 32.1 Å². The third-order valence-electron chi connectivity index (χ3n) is 5.77. The molecular weight excluding hydrogens is 423 g/mol. The van der Waals surface area contributed by atoms with Gasteiger partial charge in [0.1, 0.15) is 5.60 Å². The van der Waals surface area contributed by atoms with Gasteiger partial charge in [-0.05, 0) is 57.7 Å². The SMILES string of the molecule is CC(C)(C)OC(=O)N1CCN(CCCNC(=O)C2CC2c2ccccc2C(F)(F)F)CC1. The number of rotatable bonds is 6. The van der Waals surface area contributed by atoms with Gasteiger partial charge in [-0.1, -0.05) is 18.2 Å². The van der Waals surface area contributed by atoms with Gasteiger partial charge in [0.25, 0.3) is 0 Å². The van der Waals surface area contributed by atoms with Crippen molar-refractivity contribution >= 4 is 12.0 Å². The lowest BCUT2D eigenvalue weighted by Gasteiger charge is -2.35. The van der Waals surface area contributed by atoms with E-state index in [9.17, 15) is 22.8 Å². The number of carbonyl (C=O) groups is 2. The van der Waals surface area contributed by atoms with E-state index in [1.807, 2.05) is 20.8 Å². The molecule has 1 aliphatic carbocycles. The van der Waals surface area contributed by atoms with E-state index >= 15 is 0 Å². The van der Waals surface area contributed by atoms with Crippen LogP contribution < -0.4 is 5.32 Å². The van der Waals surface area contributed by atoms with Crippen molar-refractivity contribution in [3.8, 4) is 0 Å². The Bertz CT molecular complexity index is 815. The topological polar surface area (TPSA) is 61.9 Å². The van der Waals surface area contributed by atoms with Gasteiger partial charge in [-0.15, -0.1) is 0 Å². The summed E-state index contributed by atoms with van der Waals surface area (Å²) in [5.74, 6) is -0.939. The molecule has 0 spiro atoms. The summed E-state index contributed by atoms with van der Waals surface area (Å²) < 4.78 is 45.0. The van der Waals surface area contributed by atoms with Crippen molar-refractivity contribution in [2.75, 3.05) is 39.3 Å². The second kappa shape index (κ2) is 9.68. The number of nitrogens with one attached hydrogen (secondary N) is 1. The second-order valence-electron chi connectivity index (χ2n) is 9.49. The Kier molecular flexibility index (Phi) is 7.37. The normalized spacial score (nSPS) is 21.9. The number of carbonyl (C=O) groups excluding carboxylic acids is 2. The van der Waals surface area contributed by atoms with Crippen LogP contribution in [0.1, 0.15) is 50.7 Å². The molecule has 2 amide bonds. The van der Waals surface area contributed by atoms with Crippen LogP contribution in [-0.2, 0) is 15.7 Å². The first-order valence-corrected chi connectivity index (χ1v) is 11.1. The number of ether oxygens (including phenoxy) is 1. The Morgan fingerprint density at radius 1 is 1.09 bits per heavy atom. The lowest BCUT2D eigenvalue weighted by atomic mass is 10.0. The third-order valence-corrected chi connectivity index (χ3v) is 5.77. The molecule has 2 unspecified atom stereocenters. The maximum Gasteiger partial charge on any atom is 0.416 e. The fourth-order valence-electron chi connectivity index (χ4n) is 4.03. The van der Waals surface area contributed by atoms with Gasteiger partial charge in [-0.2, -0.15) is 13.2 Å². The molecule has 0 bridgehead atoms. The number of halogens is 3. The summed E-state index contributed by atoms with van der Waals surface area (Å²) >= 11 is 0. The predicted molar refractivity (Wildman–Crippen MR) is 114 cm³/mol. The van der Waals surface area contributed by atoms with E-state index < -0.39 is 23.3 Å². The minimum absolute atomic E-state index is 0.179. The van der Waals surface area contributed by atoms with Crippen molar-refractivity contribution in [1.82, 2.24) is 15.1 Å². The van der Waals surface area contributed by atoms with Gasteiger partial charge in [0.05, 0.1) is 5.56 Å². The zero-order valence-electron chi connectivity index (χ0n) is 18.9. The smallest absolute Gasteiger partial charge is 0.416 e. The molecule has 1 saturated carbocycles. The number of hydrogen-bond donors (Lipinski definition) is 1. The van der Waals surface area contributed by atoms with Crippen molar-refractivity contribution in [3.05, 3.63) is 35.4 Å². The van der Waals surface area contributed by atoms with Gasteiger partial charge in [-0.3, -0.25) is 9.69 Å². The first-order valence-electron chi connectivity index (χ1n) is 11.1. The molecule has 1 N–H and O–H groups in total. The van der Waals surface area contributed by atoms with Crippen LogP contribution in [0, 0.1) is 5.92 Å². The molecule has 1 saturated heterocycles. The van der Waals surface area contributed by atoms with Gasteiger partial charge >= 0.3 is 12.3 Å². The average Bonchev–Trinajstić information content (AvgIpc) is 3.50. The van der Waals surface area contributed by atoms with E-state index in [1.54, 1.807) is 11.0 Å². The van der Waals surface area contributed by atoms with Gasteiger partial charge < -0.3 is 15.0 Å². The quantitative estimate of drug-likeness (QED) is 0.662. The highest BCUT2D eigenvalue weighted by atomic mass is 19.4. The van der Waals surface area contributed by atoms with Crippen LogP contribution in [0.3, 0.4) is 0 Å². The Morgan fingerprint density at radius 2 is 1.75 bits per heavy atom. The number of alkyl halides is 3. The van der Waals surface area contributed by atoms with Gasteiger partial charge in [-0.25, -0.2) is 4.79 Å². The maximum atomic E-state index is 13.2. The predicted octanol–water partition coefficient (Wildman–Crippen LogP) is 3.87. The summed E-state index contributed by atoms with van der Waals surface area (Å²) in [6, 6.07) is 5.50. The fourth-order valence-corrected chi connectivity index (χ4v) is 4.03. The van der Waals surface area contributed by atoms with Crippen LogP contribution in [0.5, 0.6) is 0 Å². The highest BCUT2D eigenvalue weighted by Crippen LogP contribution is 2.51. The van der Waals surface area contributed by atoms with Crippen LogP contribution in [0.15, 0.2) is 24.3 Å². The molecule has 1 aromatic carbocycles. The molecule has 178 valence electrons. The number of nitrogens with zero attached hydrogens (tertiary/aromatic N) is 2. The summed E-state index contributed by atoms with van der Waals surface area (Å²) in [5, 5.41) is 2.86. The third kappa shape index (κ3) is 6.60. The lowest BCUT2D eigenvalue weighted by Crippen LogP contribution is -2.50. The van der Waals surface area contributed by atoms with Gasteiger partial charge in [0, 0.05) is 38.6 Å². The van der Waals surface area contributed by atoms with Crippen LogP contribution in [0.25, 0.3) is 0 Å². The summed E-state index contributed by atoms with van der Waals surface area (Å²) in [6.07, 6.45) is -3.51. The maximum absolute atomic E-state index is 13.2. The standard InChI is InChI=1S/C23H32F3N3O3/c1-22(2,3)32-21(31)29-13-11-28(12-14-29)10-6-9-27-20(30)18-15-17(18)16-7-4-5-8-19(16)23(24,25)26/h4-5,7-8,17-18H,6,9-15H2,1-3H3,(H,27,30). The van der Waals surface area contributed by atoms with E-state index in [-0.39, 0.29) is 23.5 Å². The molecule has 1 aliphatic heterocycles. The summed E-state index contributed by atoms with van der Waals surface area (Å²) in [7, 11) is 0. The molecule has 0 aromatic heterocycles. The van der Waals surface area contributed by atoms with Gasteiger partial charge in [0.15, 0.2) is 0 Å². The molecular formula is C23H32F3N3O3.